The molecule has 1 amide bonds. The number of benzene rings is 1. The molecule has 1 heterocycles. The summed E-state index contributed by atoms with van der Waals surface area (Å²) in [6.45, 7) is 2.17. The predicted octanol–water partition coefficient (Wildman–Crippen LogP) is 1.51. The van der Waals surface area contributed by atoms with Crippen LogP contribution in [0.15, 0.2) is 18.2 Å². The lowest BCUT2D eigenvalue weighted by Gasteiger charge is -2.28. The Kier molecular flexibility index (Phi) is 2.15. The smallest absolute Gasteiger partial charge is 0.223 e. The third-order valence-electron chi connectivity index (χ3n) is 2.42. The van der Waals surface area contributed by atoms with E-state index in [9.17, 15) is 9.90 Å². The van der Waals surface area contributed by atoms with Gasteiger partial charge in [0.05, 0.1) is 5.69 Å². The molecule has 73 valence electrons. The quantitative estimate of drug-likeness (QED) is 0.673. The van der Waals surface area contributed by atoms with Crippen LogP contribution in [-0.4, -0.2) is 17.6 Å². The number of fused-ring (bicyclic) bond motifs is 1. The van der Waals surface area contributed by atoms with Crippen LogP contribution < -0.4 is 4.90 Å². The number of amides is 1. The minimum atomic E-state index is 0.00722. The van der Waals surface area contributed by atoms with Crippen LogP contribution >= 0.6 is 0 Å². The topological polar surface area (TPSA) is 40.5 Å². The van der Waals surface area contributed by atoms with Gasteiger partial charge in [0.25, 0.3) is 0 Å². The number of phenols is 1. The number of rotatable bonds is 0. The van der Waals surface area contributed by atoms with Gasteiger partial charge in [0, 0.05) is 19.5 Å². The van der Waals surface area contributed by atoms with Gasteiger partial charge in [0.15, 0.2) is 0 Å². The Hall–Kier alpha value is -1.51. The van der Waals surface area contributed by atoms with Crippen molar-refractivity contribution < 1.29 is 9.90 Å². The molecule has 14 heavy (non-hydrogen) atoms. The second-order valence-electron chi connectivity index (χ2n) is 3.44. The lowest BCUT2D eigenvalue weighted by Crippen LogP contribution is -2.33. The van der Waals surface area contributed by atoms with E-state index in [1.807, 2.05) is 6.07 Å². The molecule has 0 aliphatic carbocycles. The average Bonchev–Trinajstić information content (AvgIpc) is 2.16. The van der Waals surface area contributed by atoms with Crippen molar-refractivity contribution in [3.05, 3.63) is 30.2 Å². The van der Waals surface area contributed by atoms with Crippen molar-refractivity contribution in [2.75, 3.05) is 11.4 Å². The van der Waals surface area contributed by atoms with E-state index in [0.717, 1.165) is 17.7 Å². The maximum atomic E-state index is 11.3. The van der Waals surface area contributed by atoms with Crippen molar-refractivity contribution in [2.24, 2.45) is 0 Å². The first-order valence-corrected chi connectivity index (χ1v) is 4.60. The lowest BCUT2D eigenvalue weighted by atomic mass is 10.0. The SMILES string of the molecule is CC(=O)N1C[CH]Cc2ccc(O)cc21. The number of hydrogen-bond donors (Lipinski definition) is 1. The van der Waals surface area contributed by atoms with Gasteiger partial charge in [-0.15, -0.1) is 0 Å². The summed E-state index contributed by atoms with van der Waals surface area (Å²) in [6.07, 6.45) is 2.92. The van der Waals surface area contributed by atoms with E-state index in [4.69, 9.17) is 0 Å². The number of nitrogens with zero attached hydrogens (tertiary/aromatic N) is 1. The van der Waals surface area contributed by atoms with Gasteiger partial charge in [0.1, 0.15) is 5.75 Å². The molecular formula is C11H12NO2. The van der Waals surface area contributed by atoms with Crippen molar-refractivity contribution >= 4 is 11.6 Å². The Balaban J connectivity index is 2.46. The first-order chi connectivity index (χ1) is 6.68. The van der Waals surface area contributed by atoms with Crippen LogP contribution in [0, 0.1) is 6.42 Å². The van der Waals surface area contributed by atoms with Crippen molar-refractivity contribution in [3.63, 3.8) is 0 Å². The highest BCUT2D eigenvalue weighted by atomic mass is 16.3. The molecule has 0 unspecified atom stereocenters. The van der Waals surface area contributed by atoms with Crippen LogP contribution in [0.25, 0.3) is 0 Å². The second-order valence-corrected chi connectivity index (χ2v) is 3.44. The van der Waals surface area contributed by atoms with Crippen molar-refractivity contribution in [1.29, 1.82) is 0 Å². The summed E-state index contributed by atoms with van der Waals surface area (Å²) in [5, 5.41) is 9.34. The number of hydrogen-bond acceptors (Lipinski definition) is 2. The monoisotopic (exact) mass is 190 g/mol. The van der Waals surface area contributed by atoms with Gasteiger partial charge < -0.3 is 10.0 Å². The number of phenolic OH excluding ortho intramolecular Hbond substituents is 1. The number of carbonyl (C=O) groups excluding carboxylic acids is 1. The molecule has 0 saturated heterocycles. The van der Waals surface area contributed by atoms with Crippen LogP contribution in [0.1, 0.15) is 12.5 Å². The fourth-order valence-corrected chi connectivity index (χ4v) is 1.72. The third kappa shape index (κ3) is 1.45. The van der Waals surface area contributed by atoms with Crippen LogP contribution in [0.2, 0.25) is 0 Å². The largest absolute Gasteiger partial charge is 0.508 e. The molecule has 0 bridgehead atoms. The molecule has 1 aromatic rings. The Morgan fingerprint density at radius 3 is 3.00 bits per heavy atom. The Morgan fingerprint density at radius 2 is 2.29 bits per heavy atom. The zero-order chi connectivity index (χ0) is 10.1. The van der Waals surface area contributed by atoms with Crippen molar-refractivity contribution in [1.82, 2.24) is 0 Å². The molecular weight excluding hydrogens is 178 g/mol. The first-order valence-electron chi connectivity index (χ1n) is 4.60. The van der Waals surface area contributed by atoms with E-state index in [-0.39, 0.29) is 11.7 Å². The standard InChI is InChI=1S/C11H12NO2/c1-8(13)12-6-2-3-9-4-5-10(14)7-11(9)12/h2,4-5,7,14H,3,6H2,1H3. The minimum absolute atomic E-state index is 0.00722. The highest BCUT2D eigenvalue weighted by Crippen LogP contribution is 2.29. The minimum Gasteiger partial charge on any atom is -0.508 e. The molecule has 0 fully saturated rings. The number of anilines is 1. The van der Waals surface area contributed by atoms with Gasteiger partial charge >= 0.3 is 0 Å². The molecule has 0 spiro atoms. The first kappa shape index (κ1) is 9.06. The molecule has 1 aromatic carbocycles. The molecule has 1 aliphatic rings. The van der Waals surface area contributed by atoms with Gasteiger partial charge in [0.2, 0.25) is 5.91 Å². The molecule has 2 rings (SSSR count). The summed E-state index contributed by atoms with van der Waals surface area (Å²) >= 11 is 0. The van der Waals surface area contributed by atoms with Crippen LogP contribution in [0.3, 0.4) is 0 Å². The number of carbonyl (C=O) groups is 1. The third-order valence-corrected chi connectivity index (χ3v) is 2.42. The fraction of sp³-hybridized carbons (Fsp3) is 0.273. The molecule has 0 aromatic heterocycles. The molecule has 1 aliphatic heterocycles. The molecule has 3 nitrogen and oxygen atoms in total. The summed E-state index contributed by atoms with van der Waals surface area (Å²) in [5.41, 5.74) is 1.92. The summed E-state index contributed by atoms with van der Waals surface area (Å²) in [5.74, 6) is 0.213. The summed E-state index contributed by atoms with van der Waals surface area (Å²) in [7, 11) is 0. The Bertz CT molecular complexity index is 374. The summed E-state index contributed by atoms with van der Waals surface area (Å²) < 4.78 is 0. The van der Waals surface area contributed by atoms with E-state index in [0.29, 0.717) is 6.54 Å². The van der Waals surface area contributed by atoms with Crippen molar-refractivity contribution in [2.45, 2.75) is 13.3 Å². The zero-order valence-corrected chi connectivity index (χ0v) is 8.03. The predicted molar refractivity (Wildman–Crippen MR) is 54.1 cm³/mol. The molecule has 0 atom stereocenters. The Morgan fingerprint density at radius 1 is 1.50 bits per heavy atom. The normalized spacial score (nSPS) is 15.1. The summed E-state index contributed by atoms with van der Waals surface area (Å²) in [6, 6.07) is 5.15. The van der Waals surface area contributed by atoms with Gasteiger partial charge in [-0.1, -0.05) is 6.07 Å². The number of aromatic hydroxyl groups is 1. The molecule has 3 heteroatoms. The maximum absolute atomic E-state index is 11.3. The van der Waals surface area contributed by atoms with E-state index in [1.165, 1.54) is 6.92 Å². The van der Waals surface area contributed by atoms with Crippen LogP contribution in [0.4, 0.5) is 5.69 Å². The van der Waals surface area contributed by atoms with Crippen molar-refractivity contribution in [3.8, 4) is 5.75 Å². The van der Waals surface area contributed by atoms with Gasteiger partial charge in [-0.2, -0.15) is 0 Å². The second kappa shape index (κ2) is 3.33. The average molecular weight is 190 g/mol. The van der Waals surface area contributed by atoms with E-state index >= 15 is 0 Å². The highest BCUT2D eigenvalue weighted by molar-refractivity contribution is 5.93. The van der Waals surface area contributed by atoms with E-state index < -0.39 is 0 Å². The van der Waals surface area contributed by atoms with Crippen LogP contribution in [-0.2, 0) is 11.2 Å². The Labute approximate surface area is 83.0 Å². The lowest BCUT2D eigenvalue weighted by molar-refractivity contribution is -0.116. The fourth-order valence-electron chi connectivity index (χ4n) is 1.72. The molecule has 1 radical (unpaired) electrons. The highest BCUT2D eigenvalue weighted by Gasteiger charge is 2.19. The summed E-state index contributed by atoms with van der Waals surface area (Å²) in [4.78, 5) is 13.0. The zero-order valence-electron chi connectivity index (χ0n) is 8.03. The molecule has 0 saturated carbocycles. The molecule has 1 N–H and O–H groups in total. The van der Waals surface area contributed by atoms with Crippen LogP contribution in [0.5, 0.6) is 5.75 Å². The van der Waals surface area contributed by atoms with Gasteiger partial charge in [-0.25, -0.2) is 0 Å². The van der Waals surface area contributed by atoms with Gasteiger partial charge in [-0.05, 0) is 24.5 Å². The van der Waals surface area contributed by atoms with E-state index in [1.54, 1.807) is 17.0 Å². The maximum Gasteiger partial charge on any atom is 0.223 e. The van der Waals surface area contributed by atoms with Gasteiger partial charge in [-0.3, -0.25) is 4.79 Å². The van der Waals surface area contributed by atoms with E-state index in [2.05, 4.69) is 6.42 Å².